The second-order valence-electron chi connectivity index (χ2n) is 6.78. The number of carboxylic acid groups (broad SMARTS) is 1. The van der Waals surface area contributed by atoms with Gasteiger partial charge in [0.25, 0.3) is 5.91 Å². The van der Waals surface area contributed by atoms with E-state index >= 15 is 4.39 Å². The maximum absolute atomic E-state index is 15.2. The third-order valence-electron chi connectivity index (χ3n) is 5.49. The van der Waals surface area contributed by atoms with Crippen molar-refractivity contribution < 1.29 is 19.1 Å². The van der Waals surface area contributed by atoms with E-state index in [2.05, 4.69) is 10.3 Å². The molecule has 2 fully saturated rings. The molecule has 126 valence electrons. The highest BCUT2D eigenvalue weighted by Gasteiger charge is 2.66. The molecule has 2 atom stereocenters. The van der Waals surface area contributed by atoms with Crippen LogP contribution in [0.15, 0.2) is 18.2 Å². The smallest absolute Gasteiger partial charge is 0.314 e. The predicted octanol–water partition coefficient (Wildman–Crippen LogP) is 1.39. The minimum absolute atomic E-state index is 0.0871. The minimum Gasteiger partial charge on any atom is -0.481 e. The molecule has 24 heavy (non-hydrogen) atoms. The van der Waals surface area contributed by atoms with E-state index in [1.165, 1.54) is 4.90 Å². The average Bonchev–Trinajstić information content (AvgIpc) is 3.15. The first kappa shape index (κ1) is 15.0. The van der Waals surface area contributed by atoms with E-state index in [4.69, 9.17) is 0 Å². The van der Waals surface area contributed by atoms with Gasteiger partial charge in [0.05, 0.1) is 12.1 Å². The van der Waals surface area contributed by atoms with Crippen molar-refractivity contribution >= 4 is 22.9 Å². The van der Waals surface area contributed by atoms with Gasteiger partial charge in [0.15, 0.2) is 0 Å². The molecule has 1 aliphatic carbocycles. The van der Waals surface area contributed by atoms with Gasteiger partial charge in [0, 0.05) is 19.2 Å². The number of fused-ring (bicyclic) bond motifs is 2. The van der Waals surface area contributed by atoms with Gasteiger partial charge in [-0.05, 0) is 37.5 Å². The number of amides is 1. The van der Waals surface area contributed by atoms with Crippen LogP contribution in [-0.2, 0) is 11.8 Å². The molecule has 8 heteroatoms. The fourth-order valence-corrected chi connectivity index (χ4v) is 4.14. The van der Waals surface area contributed by atoms with E-state index in [0.29, 0.717) is 17.5 Å². The number of aliphatic carboxylic acids is 1. The lowest BCUT2D eigenvalue weighted by molar-refractivity contribution is -0.153. The van der Waals surface area contributed by atoms with E-state index in [1.807, 2.05) is 0 Å². The van der Waals surface area contributed by atoms with Crippen LogP contribution in [0.5, 0.6) is 0 Å². The fourth-order valence-electron chi connectivity index (χ4n) is 4.14. The minimum atomic E-state index is -1.84. The quantitative estimate of drug-likeness (QED) is 0.898. The van der Waals surface area contributed by atoms with Crippen LogP contribution in [0, 0.1) is 5.41 Å². The maximum Gasteiger partial charge on any atom is 0.314 e. The van der Waals surface area contributed by atoms with Gasteiger partial charge in [-0.25, -0.2) is 9.07 Å². The average molecular weight is 332 g/mol. The van der Waals surface area contributed by atoms with E-state index in [-0.39, 0.29) is 31.8 Å². The predicted molar refractivity (Wildman–Crippen MR) is 82.2 cm³/mol. The molecule has 7 nitrogen and oxygen atoms in total. The topological polar surface area (TPSA) is 88.3 Å². The molecule has 1 aromatic carbocycles. The summed E-state index contributed by atoms with van der Waals surface area (Å²) < 4.78 is 16.8. The number of rotatable bonds is 2. The number of halogens is 1. The standard InChI is InChI=1S/C16H17FN4O3/c1-20-12-4-3-10(7-11(12)18-19-20)13(22)21-8-15(14(23)24)5-2-6-16(15,17)9-21/h3-4,7H,2,5-6,8-9H2,1H3,(H,23,24)/t15-,16-/m0/s1. The Balaban J connectivity index is 1.66. The summed E-state index contributed by atoms with van der Waals surface area (Å²) in [5.41, 5.74) is -1.59. The number of carbonyl (C=O) groups is 2. The number of likely N-dealkylation sites (tertiary alicyclic amines) is 1. The Kier molecular flexibility index (Phi) is 2.98. The Bertz CT molecular complexity index is 866. The van der Waals surface area contributed by atoms with Crippen molar-refractivity contribution in [2.75, 3.05) is 13.1 Å². The molecule has 1 saturated carbocycles. The first-order valence-electron chi connectivity index (χ1n) is 7.87. The highest BCUT2D eigenvalue weighted by molar-refractivity contribution is 5.98. The maximum atomic E-state index is 15.2. The molecule has 1 amide bonds. The number of aryl methyl sites for hydroxylation is 1. The number of alkyl halides is 1. The van der Waals surface area contributed by atoms with Gasteiger partial charge < -0.3 is 10.0 Å². The molecule has 2 heterocycles. The van der Waals surface area contributed by atoms with Crippen LogP contribution in [0.2, 0.25) is 0 Å². The molecule has 1 aliphatic heterocycles. The lowest BCUT2D eigenvalue weighted by atomic mass is 9.78. The van der Waals surface area contributed by atoms with Gasteiger partial charge >= 0.3 is 5.97 Å². The van der Waals surface area contributed by atoms with E-state index < -0.39 is 17.1 Å². The van der Waals surface area contributed by atoms with Crippen molar-refractivity contribution in [3.05, 3.63) is 23.8 Å². The Morgan fingerprint density at radius 3 is 2.79 bits per heavy atom. The van der Waals surface area contributed by atoms with Crippen molar-refractivity contribution in [1.82, 2.24) is 19.9 Å². The zero-order chi connectivity index (χ0) is 17.1. The zero-order valence-corrected chi connectivity index (χ0v) is 13.2. The third kappa shape index (κ3) is 1.82. The highest BCUT2D eigenvalue weighted by atomic mass is 19.1. The summed E-state index contributed by atoms with van der Waals surface area (Å²) in [5.74, 6) is -1.52. The summed E-state index contributed by atoms with van der Waals surface area (Å²) in [5, 5.41) is 17.4. The second-order valence-corrected chi connectivity index (χ2v) is 6.78. The van der Waals surface area contributed by atoms with Crippen molar-refractivity contribution in [3.63, 3.8) is 0 Å². The van der Waals surface area contributed by atoms with Crippen molar-refractivity contribution in [1.29, 1.82) is 0 Å². The van der Waals surface area contributed by atoms with E-state index in [0.717, 1.165) is 5.52 Å². The summed E-state index contributed by atoms with van der Waals surface area (Å²) in [7, 11) is 1.75. The molecular formula is C16H17FN4O3. The summed E-state index contributed by atoms with van der Waals surface area (Å²) in [6.07, 6.45) is 0.995. The van der Waals surface area contributed by atoms with Crippen LogP contribution in [0.1, 0.15) is 29.6 Å². The van der Waals surface area contributed by atoms with Gasteiger partial charge in [-0.1, -0.05) is 5.21 Å². The van der Waals surface area contributed by atoms with Crippen molar-refractivity contribution in [3.8, 4) is 0 Å². The number of hydrogen-bond donors (Lipinski definition) is 1. The second kappa shape index (κ2) is 4.75. The molecule has 1 N–H and O–H groups in total. The van der Waals surface area contributed by atoms with E-state index in [1.54, 1.807) is 29.9 Å². The molecule has 4 rings (SSSR count). The van der Waals surface area contributed by atoms with Crippen LogP contribution in [0.4, 0.5) is 4.39 Å². The van der Waals surface area contributed by atoms with Gasteiger partial charge in [-0.3, -0.25) is 9.59 Å². The van der Waals surface area contributed by atoms with Gasteiger partial charge in [0.2, 0.25) is 0 Å². The lowest BCUT2D eigenvalue weighted by Gasteiger charge is -2.27. The molecule has 0 radical (unpaired) electrons. The van der Waals surface area contributed by atoms with Crippen LogP contribution in [-0.4, -0.2) is 55.6 Å². The largest absolute Gasteiger partial charge is 0.481 e. The normalized spacial score (nSPS) is 29.2. The van der Waals surface area contributed by atoms with Crippen LogP contribution >= 0.6 is 0 Å². The molecule has 0 spiro atoms. The Hall–Kier alpha value is -2.51. The molecule has 0 unspecified atom stereocenters. The first-order valence-corrected chi connectivity index (χ1v) is 7.87. The first-order chi connectivity index (χ1) is 11.4. The molecule has 0 bridgehead atoms. The number of carbonyl (C=O) groups excluding carboxylic acids is 1. The molecule has 1 aromatic heterocycles. The summed E-state index contributed by atoms with van der Waals surface area (Å²) >= 11 is 0. The SMILES string of the molecule is Cn1nnc2cc(C(=O)N3C[C@@]4(F)CCC[C@@]4(C(=O)O)C3)ccc21. The fraction of sp³-hybridized carbons (Fsp3) is 0.500. The van der Waals surface area contributed by atoms with Crippen LogP contribution in [0.25, 0.3) is 11.0 Å². The zero-order valence-electron chi connectivity index (χ0n) is 13.2. The lowest BCUT2D eigenvalue weighted by Crippen LogP contribution is -2.45. The number of aromatic nitrogens is 3. The number of nitrogens with zero attached hydrogens (tertiary/aromatic N) is 4. The number of hydrogen-bond acceptors (Lipinski definition) is 4. The summed E-state index contributed by atoms with van der Waals surface area (Å²) in [4.78, 5) is 25.8. The van der Waals surface area contributed by atoms with Gasteiger partial charge in [0.1, 0.15) is 16.6 Å². The summed E-state index contributed by atoms with van der Waals surface area (Å²) in [6.45, 7) is -0.257. The summed E-state index contributed by atoms with van der Waals surface area (Å²) in [6, 6.07) is 4.98. The van der Waals surface area contributed by atoms with Gasteiger partial charge in [-0.2, -0.15) is 0 Å². The van der Waals surface area contributed by atoms with Crippen molar-refractivity contribution in [2.45, 2.75) is 24.9 Å². The Morgan fingerprint density at radius 2 is 2.08 bits per heavy atom. The van der Waals surface area contributed by atoms with Crippen LogP contribution in [0.3, 0.4) is 0 Å². The third-order valence-corrected chi connectivity index (χ3v) is 5.49. The van der Waals surface area contributed by atoms with Gasteiger partial charge in [-0.15, -0.1) is 5.10 Å². The Labute approximate surface area is 137 Å². The molecule has 1 saturated heterocycles. The molecule has 2 aliphatic rings. The van der Waals surface area contributed by atoms with Crippen LogP contribution < -0.4 is 0 Å². The molecular weight excluding hydrogens is 315 g/mol. The van der Waals surface area contributed by atoms with E-state index in [9.17, 15) is 14.7 Å². The van der Waals surface area contributed by atoms with Crippen molar-refractivity contribution in [2.24, 2.45) is 12.5 Å². The monoisotopic (exact) mass is 332 g/mol. The molecule has 2 aromatic rings. The highest BCUT2D eigenvalue weighted by Crippen LogP contribution is 2.54. The Morgan fingerprint density at radius 1 is 1.29 bits per heavy atom. The number of benzene rings is 1. The number of carboxylic acids is 1.